The molecule has 1 aliphatic carbocycles. The smallest absolute Gasteiger partial charge is 0.268 e. The lowest BCUT2D eigenvalue weighted by Crippen LogP contribution is -2.24. The number of benzene rings is 1. The minimum Gasteiger partial charge on any atom is -0.364 e. The Labute approximate surface area is 195 Å². The van der Waals surface area contributed by atoms with Gasteiger partial charge in [0, 0.05) is 35.7 Å². The van der Waals surface area contributed by atoms with Crippen molar-refractivity contribution in [2.75, 3.05) is 0 Å². The number of aromatic amines is 1. The maximum absolute atomic E-state index is 13.9. The van der Waals surface area contributed by atoms with Crippen LogP contribution in [0.25, 0.3) is 22.2 Å². The van der Waals surface area contributed by atoms with Crippen LogP contribution in [0.15, 0.2) is 35.3 Å². The van der Waals surface area contributed by atoms with Crippen molar-refractivity contribution in [2.24, 2.45) is 5.73 Å². The number of halogens is 3. The maximum atomic E-state index is 13.9. The van der Waals surface area contributed by atoms with Crippen molar-refractivity contribution >= 4 is 28.4 Å². The van der Waals surface area contributed by atoms with E-state index in [0.29, 0.717) is 34.6 Å². The van der Waals surface area contributed by atoms with E-state index < -0.39 is 17.3 Å². The Morgan fingerprint density at radius 2 is 1.88 bits per heavy atom. The van der Waals surface area contributed by atoms with E-state index in [-0.39, 0.29) is 35.3 Å². The number of nitrogens with one attached hydrogen (secondary N) is 1. The number of hydrogen-bond donors (Lipinski definition) is 2. The van der Waals surface area contributed by atoms with Gasteiger partial charge in [0.2, 0.25) is 5.92 Å². The van der Waals surface area contributed by atoms with Gasteiger partial charge in [0.1, 0.15) is 5.69 Å². The van der Waals surface area contributed by atoms with E-state index in [0.717, 1.165) is 11.1 Å². The average Bonchev–Trinajstić information content (AvgIpc) is 2.72. The van der Waals surface area contributed by atoms with Crippen molar-refractivity contribution in [1.29, 1.82) is 0 Å². The van der Waals surface area contributed by atoms with Crippen LogP contribution in [-0.2, 0) is 5.41 Å². The summed E-state index contributed by atoms with van der Waals surface area (Å²) >= 11 is 6.66. The molecule has 3 aromatic rings. The number of fused-ring (bicyclic) bond motifs is 1. The van der Waals surface area contributed by atoms with Crippen LogP contribution < -0.4 is 11.2 Å². The van der Waals surface area contributed by atoms with Gasteiger partial charge in [0.05, 0.1) is 16.6 Å². The molecule has 1 amide bonds. The van der Waals surface area contributed by atoms with Crippen molar-refractivity contribution in [2.45, 2.75) is 63.7 Å². The van der Waals surface area contributed by atoms with Gasteiger partial charge in [0.25, 0.3) is 5.91 Å². The number of amides is 1. The first-order chi connectivity index (χ1) is 15.4. The molecule has 4 rings (SSSR count). The highest BCUT2D eigenvalue weighted by Gasteiger charge is 2.36. The summed E-state index contributed by atoms with van der Waals surface area (Å²) in [5.74, 6) is -3.53. The van der Waals surface area contributed by atoms with E-state index in [4.69, 9.17) is 17.3 Å². The van der Waals surface area contributed by atoms with Gasteiger partial charge in [-0.3, -0.25) is 14.6 Å². The number of aromatic nitrogens is 2. The Morgan fingerprint density at radius 3 is 2.48 bits per heavy atom. The molecule has 1 aliphatic rings. The van der Waals surface area contributed by atoms with Gasteiger partial charge < -0.3 is 10.7 Å². The van der Waals surface area contributed by atoms with Gasteiger partial charge in [-0.2, -0.15) is 0 Å². The summed E-state index contributed by atoms with van der Waals surface area (Å²) in [5.41, 5.74) is 8.05. The molecule has 2 aromatic heterocycles. The van der Waals surface area contributed by atoms with Crippen LogP contribution in [0.2, 0.25) is 5.02 Å². The second-order valence-corrected chi connectivity index (χ2v) is 10.2. The van der Waals surface area contributed by atoms with Crippen LogP contribution >= 0.6 is 11.6 Å². The van der Waals surface area contributed by atoms with Crippen LogP contribution in [0.4, 0.5) is 8.78 Å². The molecule has 0 radical (unpaired) electrons. The molecular formula is C25H26ClF2N3O2. The number of carbonyl (C=O) groups is 1. The minimum absolute atomic E-state index is 0.0872. The molecule has 0 spiro atoms. The number of pyridine rings is 2. The highest BCUT2D eigenvalue weighted by Crippen LogP contribution is 2.45. The molecule has 1 fully saturated rings. The van der Waals surface area contributed by atoms with Crippen molar-refractivity contribution in [3.05, 3.63) is 62.5 Å². The SMILES string of the molecule is CC(C)(C)c1cc(C2CCC(F)(F)CC2)c(-c2cc(=O)c3c(C(N)=O)nccc3[nH]2)cc1Cl. The quantitative estimate of drug-likeness (QED) is 0.493. The van der Waals surface area contributed by atoms with Crippen LogP contribution in [0.3, 0.4) is 0 Å². The summed E-state index contributed by atoms with van der Waals surface area (Å²) in [6.07, 6.45) is 1.75. The zero-order chi connectivity index (χ0) is 24.1. The fourth-order valence-electron chi connectivity index (χ4n) is 4.62. The topological polar surface area (TPSA) is 88.8 Å². The number of carbonyl (C=O) groups excluding carboxylic acids is 1. The Balaban J connectivity index is 1.93. The molecule has 0 aliphatic heterocycles. The second-order valence-electron chi connectivity index (χ2n) is 9.79. The first kappa shape index (κ1) is 23.4. The number of alkyl halides is 2. The van der Waals surface area contributed by atoms with Gasteiger partial charge in [-0.15, -0.1) is 0 Å². The summed E-state index contributed by atoms with van der Waals surface area (Å²) in [4.78, 5) is 31.9. The van der Waals surface area contributed by atoms with E-state index in [1.165, 1.54) is 12.3 Å². The Morgan fingerprint density at radius 1 is 1.21 bits per heavy atom. The van der Waals surface area contributed by atoms with Gasteiger partial charge in [0.15, 0.2) is 5.43 Å². The van der Waals surface area contributed by atoms with Crippen molar-refractivity contribution in [3.8, 4) is 11.3 Å². The fourth-order valence-corrected chi connectivity index (χ4v) is 5.07. The minimum atomic E-state index is -2.65. The number of primary amides is 1. The summed E-state index contributed by atoms with van der Waals surface area (Å²) in [7, 11) is 0. The van der Waals surface area contributed by atoms with Crippen LogP contribution in [0, 0.1) is 0 Å². The molecule has 5 nitrogen and oxygen atoms in total. The van der Waals surface area contributed by atoms with Crippen LogP contribution in [0.5, 0.6) is 0 Å². The van der Waals surface area contributed by atoms with E-state index in [1.54, 1.807) is 12.1 Å². The van der Waals surface area contributed by atoms with Gasteiger partial charge in [-0.25, -0.2) is 8.78 Å². The largest absolute Gasteiger partial charge is 0.364 e. The molecule has 0 unspecified atom stereocenters. The lowest BCUT2D eigenvalue weighted by Gasteiger charge is -2.31. The average molecular weight is 474 g/mol. The molecule has 2 heterocycles. The number of rotatable bonds is 3. The summed E-state index contributed by atoms with van der Waals surface area (Å²) in [6, 6.07) is 6.78. The summed E-state index contributed by atoms with van der Waals surface area (Å²) in [5, 5.41) is 0.654. The third kappa shape index (κ3) is 4.51. The van der Waals surface area contributed by atoms with Gasteiger partial charge in [-0.05, 0) is 47.4 Å². The summed E-state index contributed by atoms with van der Waals surface area (Å²) < 4.78 is 27.7. The third-order valence-electron chi connectivity index (χ3n) is 6.37. The van der Waals surface area contributed by atoms with Crippen LogP contribution in [0.1, 0.15) is 74.0 Å². The molecule has 0 atom stereocenters. The summed E-state index contributed by atoms with van der Waals surface area (Å²) in [6.45, 7) is 6.13. The molecule has 3 N–H and O–H groups in total. The number of hydrogen-bond acceptors (Lipinski definition) is 3. The van der Waals surface area contributed by atoms with Gasteiger partial charge >= 0.3 is 0 Å². The predicted molar refractivity (Wildman–Crippen MR) is 126 cm³/mol. The first-order valence-electron chi connectivity index (χ1n) is 10.9. The maximum Gasteiger partial charge on any atom is 0.268 e. The van der Waals surface area contributed by atoms with Crippen molar-refractivity contribution < 1.29 is 13.6 Å². The zero-order valence-electron chi connectivity index (χ0n) is 18.8. The van der Waals surface area contributed by atoms with Gasteiger partial charge in [-0.1, -0.05) is 38.4 Å². The lowest BCUT2D eigenvalue weighted by atomic mass is 9.77. The molecule has 33 heavy (non-hydrogen) atoms. The monoisotopic (exact) mass is 473 g/mol. The van der Waals surface area contributed by atoms with E-state index in [2.05, 4.69) is 9.97 Å². The normalized spacial score (nSPS) is 16.8. The first-order valence-corrected chi connectivity index (χ1v) is 11.3. The predicted octanol–water partition coefficient (Wildman–Crippen LogP) is 5.93. The molecular weight excluding hydrogens is 448 g/mol. The number of nitrogens with two attached hydrogens (primary N) is 1. The Kier molecular flexibility index (Phi) is 5.81. The van der Waals surface area contributed by atoms with Crippen molar-refractivity contribution in [1.82, 2.24) is 9.97 Å². The van der Waals surface area contributed by atoms with E-state index in [9.17, 15) is 18.4 Å². The van der Waals surface area contributed by atoms with Crippen LogP contribution in [-0.4, -0.2) is 21.8 Å². The Hall–Kier alpha value is -2.80. The molecule has 0 saturated heterocycles. The van der Waals surface area contributed by atoms with E-state index >= 15 is 0 Å². The second kappa shape index (κ2) is 8.20. The number of nitrogens with zero attached hydrogens (tertiary/aromatic N) is 1. The molecule has 1 saturated carbocycles. The highest BCUT2D eigenvalue weighted by atomic mass is 35.5. The number of H-pyrrole nitrogens is 1. The van der Waals surface area contributed by atoms with E-state index in [1.807, 2.05) is 26.8 Å². The molecule has 8 heteroatoms. The molecule has 174 valence electrons. The fraction of sp³-hybridized carbons (Fsp3) is 0.400. The molecule has 0 bridgehead atoms. The lowest BCUT2D eigenvalue weighted by molar-refractivity contribution is -0.0382. The standard InChI is InChI=1S/C25H26ClF2N3O2/c1-24(2,3)16-10-14(13-4-7-25(27,28)8-5-13)15(11-17(16)26)19-12-20(32)21-18(31-19)6-9-30-22(21)23(29)33/h6,9-13H,4-5,7-8H2,1-3H3,(H2,29,33)(H,31,32). The Bertz CT molecular complexity index is 1300. The molecule has 1 aromatic carbocycles. The third-order valence-corrected chi connectivity index (χ3v) is 6.68. The zero-order valence-corrected chi connectivity index (χ0v) is 19.5. The van der Waals surface area contributed by atoms with Crippen molar-refractivity contribution in [3.63, 3.8) is 0 Å². The highest BCUT2D eigenvalue weighted by molar-refractivity contribution is 6.31.